The SMILES string of the molecule is CCCC(Oc1cccc2c1C(O)NC2c1ccccc1C(=N)N)C(=O)O. The Morgan fingerprint density at radius 1 is 1.26 bits per heavy atom. The molecular formula is C20H23N3O4. The van der Waals surface area contributed by atoms with Crippen molar-refractivity contribution in [3.05, 3.63) is 64.7 Å². The third-order valence-corrected chi connectivity index (χ3v) is 4.67. The number of benzene rings is 2. The van der Waals surface area contributed by atoms with Crippen molar-refractivity contribution < 1.29 is 19.7 Å². The predicted molar refractivity (Wildman–Crippen MR) is 101 cm³/mol. The van der Waals surface area contributed by atoms with Gasteiger partial charge in [0.2, 0.25) is 0 Å². The molecule has 0 aliphatic carbocycles. The van der Waals surface area contributed by atoms with Crippen LogP contribution in [0.25, 0.3) is 0 Å². The van der Waals surface area contributed by atoms with Gasteiger partial charge in [-0.25, -0.2) is 4.79 Å². The van der Waals surface area contributed by atoms with Crippen LogP contribution in [-0.2, 0) is 4.79 Å². The molecule has 0 radical (unpaired) electrons. The molecule has 3 atom stereocenters. The number of nitrogens with two attached hydrogens (primary N) is 1. The van der Waals surface area contributed by atoms with Gasteiger partial charge in [-0.1, -0.05) is 49.7 Å². The number of hydrogen-bond acceptors (Lipinski definition) is 5. The number of aliphatic hydroxyl groups excluding tert-OH is 1. The highest BCUT2D eigenvalue weighted by molar-refractivity contribution is 5.96. The van der Waals surface area contributed by atoms with E-state index in [0.717, 1.165) is 11.1 Å². The van der Waals surface area contributed by atoms with E-state index in [1.807, 2.05) is 25.1 Å². The molecule has 1 heterocycles. The van der Waals surface area contributed by atoms with Crippen molar-refractivity contribution in [2.24, 2.45) is 5.73 Å². The number of hydrogen-bond donors (Lipinski definition) is 5. The molecule has 7 heteroatoms. The van der Waals surface area contributed by atoms with Gasteiger partial charge in [-0.05, 0) is 23.6 Å². The molecule has 0 aromatic heterocycles. The Bertz CT molecular complexity index is 868. The number of ether oxygens (including phenoxy) is 1. The molecule has 0 saturated carbocycles. The summed E-state index contributed by atoms with van der Waals surface area (Å²) in [6, 6.07) is 12.1. The zero-order valence-corrected chi connectivity index (χ0v) is 15.0. The summed E-state index contributed by atoms with van der Waals surface area (Å²) in [4.78, 5) is 11.4. The molecule has 0 spiro atoms. The molecule has 1 aliphatic rings. The van der Waals surface area contributed by atoms with Crippen molar-refractivity contribution >= 4 is 11.8 Å². The summed E-state index contributed by atoms with van der Waals surface area (Å²) < 4.78 is 5.73. The molecule has 142 valence electrons. The van der Waals surface area contributed by atoms with Crippen molar-refractivity contribution in [2.45, 2.75) is 38.1 Å². The largest absolute Gasteiger partial charge is 0.479 e. The maximum absolute atomic E-state index is 11.4. The third kappa shape index (κ3) is 3.65. The molecule has 0 bridgehead atoms. The van der Waals surface area contributed by atoms with Gasteiger partial charge in [-0.2, -0.15) is 0 Å². The molecule has 3 unspecified atom stereocenters. The van der Waals surface area contributed by atoms with Crippen LogP contribution in [0.4, 0.5) is 0 Å². The van der Waals surface area contributed by atoms with Crippen molar-refractivity contribution in [1.29, 1.82) is 5.41 Å². The first-order valence-electron chi connectivity index (χ1n) is 8.83. The quantitative estimate of drug-likeness (QED) is 0.376. The monoisotopic (exact) mass is 369 g/mol. The van der Waals surface area contributed by atoms with Gasteiger partial charge in [-0.15, -0.1) is 0 Å². The van der Waals surface area contributed by atoms with Crippen LogP contribution < -0.4 is 15.8 Å². The van der Waals surface area contributed by atoms with Gasteiger partial charge in [0.05, 0.1) is 6.04 Å². The number of carboxylic acid groups (broad SMARTS) is 1. The van der Waals surface area contributed by atoms with E-state index in [0.29, 0.717) is 29.7 Å². The highest BCUT2D eigenvalue weighted by Gasteiger charge is 2.35. The molecule has 3 rings (SSSR count). The maximum atomic E-state index is 11.4. The molecule has 7 nitrogen and oxygen atoms in total. The van der Waals surface area contributed by atoms with Crippen molar-refractivity contribution in [3.8, 4) is 5.75 Å². The van der Waals surface area contributed by atoms with Gasteiger partial charge >= 0.3 is 5.97 Å². The normalized spacial score (nSPS) is 19.3. The minimum atomic E-state index is -1.03. The van der Waals surface area contributed by atoms with Gasteiger partial charge in [-0.3, -0.25) is 10.7 Å². The molecule has 1 aliphatic heterocycles. The van der Waals surface area contributed by atoms with E-state index in [2.05, 4.69) is 5.32 Å². The second kappa shape index (κ2) is 7.77. The Labute approximate surface area is 157 Å². The average Bonchev–Trinajstić information content (AvgIpc) is 2.99. The van der Waals surface area contributed by atoms with Crippen molar-refractivity contribution in [3.63, 3.8) is 0 Å². The van der Waals surface area contributed by atoms with Crippen LogP contribution in [0.3, 0.4) is 0 Å². The second-order valence-corrected chi connectivity index (χ2v) is 6.50. The molecule has 2 aromatic carbocycles. The van der Waals surface area contributed by atoms with Crippen LogP contribution in [0.2, 0.25) is 0 Å². The van der Waals surface area contributed by atoms with Gasteiger partial charge in [0.25, 0.3) is 0 Å². The number of rotatable bonds is 7. The zero-order valence-electron chi connectivity index (χ0n) is 15.0. The lowest BCUT2D eigenvalue weighted by molar-refractivity contribution is -0.145. The first-order chi connectivity index (χ1) is 12.9. The highest BCUT2D eigenvalue weighted by Crippen LogP contribution is 2.42. The van der Waals surface area contributed by atoms with E-state index >= 15 is 0 Å². The van der Waals surface area contributed by atoms with Crippen molar-refractivity contribution in [1.82, 2.24) is 5.32 Å². The summed E-state index contributed by atoms with van der Waals surface area (Å²) in [5.41, 5.74) is 8.34. The van der Waals surface area contributed by atoms with Crippen LogP contribution in [0.1, 0.15) is 54.3 Å². The lowest BCUT2D eigenvalue weighted by Crippen LogP contribution is -2.27. The molecule has 6 N–H and O–H groups in total. The summed E-state index contributed by atoms with van der Waals surface area (Å²) in [5, 5.41) is 30.8. The number of carbonyl (C=O) groups is 1. The van der Waals surface area contributed by atoms with Gasteiger partial charge in [0.15, 0.2) is 6.10 Å². The van der Waals surface area contributed by atoms with E-state index in [1.54, 1.807) is 24.3 Å². The third-order valence-electron chi connectivity index (χ3n) is 4.67. The summed E-state index contributed by atoms with van der Waals surface area (Å²) in [7, 11) is 0. The van der Waals surface area contributed by atoms with E-state index in [-0.39, 0.29) is 11.9 Å². The number of fused-ring (bicyclic) bond motifs is 1. The minimum absolute atomic E-state index is 0.0587. The second-order valence-electron chi connectivity index (χ2n) is 6.50. The maximum Gasteiger partial charge on any atom is 0.344 e. The number of nitrogens with one attached hydrogen (secondary N) is 2. The fourth-order valence-corrected chi connectivity index (χ4v) is 3.44. The number of aliphatic hydroxyl groups is 1. The molecule has 0 saturated heterocycles. The van der Waals surface area contributed by atoms with E-state index < -0.39 is 18.3 Å². The first-order valence-corrected chi connectivity index (χ1v) is 8.83. The number of carboxylic acids is 1. The first kappa shape index (κ1) is 18.9. The van der Waals surface area contributed by atoms with Gasteiger partial charge in [0, 0.05) is 11.1 Å². The highest BCUT2D eigenvalue weighted by atomic mass is 16.5. The summed E-state index contributed by atoms with van der Waals surface area (Å²) in [6.45, 7) is 1.89. The fourth-order valence-electron chi connectivity index (χ4n) is 3.44. The lowest BCUT2D eigenvalue weighted by Gasteiger charge is -2.18. The predicted octanol–water partition coefficient (Wildman–Crippen LogP) is 2.29. The van der Waals surface area contributed by atoms with Crippen molar-refractivity contribution in [2.75, 3.05) is 0 Å². The van der Waals surface area contributed by atoms with Gasteiger partial charge in [0.1, 0.15) is 17.8 Å². The number of aliphatic carboxylic acids is 1. The Kier molecular flexibility index (Phi) is 5.43. The van der Waals surface area contributed by atoms with E-state index in [4.69, 9.17) is 15.9 Å². The molecule has 0 fully saturated rings. The summed E-state index contributed by atoms with van der Waals surface area (Å²) >= 11 is 0. The van der Waals surface area contributed by atoms with Crippen LogP contribution >= 0.6 is 0 Å². The minimum Gasteiger partial charge on any atom is -0.479 e. The molecule has 27 heavy (non-hydrogen) atoms. The summed E-state index contributed by atoms with van der Waals surface area (Å²) in [5.74, 6) is -0.749. The summed E-state index contributed by atoms with van der Waals surface area (Å²) in [6.07, 6.45) is -0.949. The standard InChI is InChI=1S/C20H23N3O4/c1-2-6-15(20(25)26)27-14-10-5-9-13-16(14)19(24)23-17(13)11-7-3-4-8-12(11)18(21)22/h3-5,7-10,15,17,19,23-24H,2,6H2,1H3,(H3,21,22)(H,25,26). The smallest absolute Gasteiger partial charge is 0.344 e. The lowest BCUT2D eigenvalue weighted by atomic mass is 9.93. The van der Waals surface area contributed by atoms with Crippen LogP contribution in [0.5, 0.6) is 5.75 Å². The van der Waals surface area contributed by atoms with E-state index in [1.165, 1.54) is 0 Å². The Balaban J connectivity index is 2.02. The molecule has 2 aromatic rings. The Morgan fingerprint density at radius 3 is 2.63 bits per heavy atom. The number of amidine groups is 1. The Morgan fingerprint density at radius 2 is 1.96 bits per heavy atom. The van der Waals surface area contributed by atoms with Crippen LogP contribution in [0.15, 0.2) is 42.5 Å². The van der Waals surface area contributed by atoms with Crippen LogP contribution in [-0.4, -0.2) is 28.1 Å². The molecule has 0 amide bonds. The topological polar surface area (TPSA) is 129 Å². The van der Waals surface area contributed by atoms with Crippen LogP contribution in [0, 0.1) is 5.41 Å². The molecular weight excluding hydrogens is 346 g/mol. The number of nitrogen functional groups attached to an aromatic ring is 1. The average molecular weight is 369 g/mol. The van der Waals surface area contributed by atoms with Gasteiger partial charge < -0.3 is 20.7 Å². The Hall–Kier alpha value is -2.90. The fraction of sp³-hybridized carbons (Fsp3) is 0.300. The van der Waals surface area contributed by atoms with E-state index in [9.17, 15) is 15.0 Å². The zero-order chi connectivity index (χ0) is 19.6.